The van der Waals surface area contributed by atoms with Gasteiger partial charge in [0.1, 0.15) is 0 Å². The van der Waals surface area contributed by atoms with Gasteiger partial charge >= 0.3 is 0 Å². The summed E-state index contributed by atoms with van der Waals surface area (Å²) in [4.78, 5) is 12.7. The predicted molar refractivity (Wildman–Crippen MR) is 109 cm³/mol. The zero-order valence-corrected chi connectivity index (χ0v) is 17.0. The summed E-state index contributed by atoms with van der Waals surface area (Å²) in [5, 5.41) is 2.88. The Morgan fingerprint density at radius 1 is 1.14 bits per heavy atom. The van der Waals surface area contributed by atoms with Crippen LogP contribution in [-0.4, -0.2) is 44.9 Å². The largest absolute Gasteiger partial charge is 0.379 e. The molecular formula is C21H26N2O4S. The van der Waals surface area contributed by atoms with Gasteiger partial charge in [-0.25, -0.2) is 8.42 Å². The third-order valence-electron chi connectivity index (χ3n) is 4.95. The van der Waals surface area contributed by atoms with Gasteiger partial charge in [-0.15, -0.1) is 0 Å². The number of carbonyl (C=O) groups excluding carboxylic acids is 1. The van der Waals surface area contributed by atoms with Crippen LogP contribution in [0.25, 0.3) is 0 Å². The standard InChI is InChI=1S/C21H26N2O4S/c1-16-8-9-19(28(25,26)23-10-12-27-13-11-23)15-20(16)22-21(24)14-17(2)18-6-4-3-5-7-18/h3-9,15,17H,10-14H2,1-2H3,(H,22,24). The Bertz CT molecular complexity index is 923. The molecule has 0 aromatic heterocycles. The number of benzene rings is 2. The average molecular weight is 403 g/mol. The molecule has 1 amide bonds. The number of rotatable bonds is 6. The van der Waals surface area contributed by atoms with Crippen molar-refractivity contribution in [2.75, 3.05) is 31.6 Å². The summed E-state index contributed by atoms with van der Waals surface area (Å²) in [6.07, 6.45) is 0.323. The van der Waals surface area contributed by atoms with Crippen LogP contribution in [0.3, 0.4) is 0 Å². The molecule has 2 aromatic carbocycles. The summed E-state index contributed by atoms with van der Waals surface area (Å²) in [7, 11) is -3.60. The maximum atomic E-state index is 12.9. The number of sulfonamides is 1. The van der Waals surface area contributed by atoms with Crippen molar-refractivity contribution in [3.63, 3.8) is 0 Å². The van der Waals surface area contributed by atoms with E-state index in [0.29, 0.717) is 38.4 Å². The van der Waals surface area contributed by atoms with Gasteiger partial charge in [-0.05, 0) is 36.1 Å². The van der Waals surface area contributed by atoms with Crippen LogP contribution in [0.1, 0.15) is 30.4 Å². The second-order valence-corrected chi connectivity index (χ2v) is 9.00. The molecule has 0 spiro atoms. The van der Waals surface area contributed by atoms with Crippen LogP contribution in [0.2, 0.25) is 0 Å². The summed E-state index contributed by atoms with van der Waals surface area (Å²) in [5.41, 5.74) is 2.44. The first-order chi connectivity index (χ1) is 13.4. The van der Waals surface area contributed by atoms with Crippen LogP contribution >= 0.6 is 0 Å². The number of morpholine rings is 1. The Hall–Kier alpha value is -2.22. The molecule has 1 aliphatic rings. The van der Waals surface area contributed by atoms with Crippen LogP contribution in [0, 0.1) is 6.92 Å². The van der Waals surface area contributed by atoms with E-state index in [-0.39, 0.29) is 16.7 Å². The highest BCUT2D eigenvalue weighted by Crippen LogP contribution is 2.25. The van der Waals surface area contributed by atoms with Gasteiger partial charge < -0.3 is 10.1 Å². The van der Waals surface area contributed by atoms with E-state index in [1.54, 1.807) is 18.2 Å². The number of nitrogens with one attached hydrogen (secondary N) is 1. The fraction of sp³-hybridized carbons (Fsp3) is 0.381. The minimum atomic E-state index is -3.60. The highest BCUT2D eigenvalue weighted by atomic mass is 32.2. The molecule has 7 heteroatoms. The fourth-order valence-corrected chi connectivity index (χ4v) is 4.65. The van der Waals surface area contributed by atoms with Crippen molar-refractivity contribution in [3.8, 4) is 0 Å². The minimum absolute atomic E-state index is 0.0711. The molecule has 2 aromatic rings. The Kier molecular flexibility index (Phi) is 6.49. The first-order valence-electron chi connectivity index (χ1n) is 9.41. The summed E-state index contributed by atoms with van der Waals surface area (Å²) in [6, 6.07) is 14.7. The average Bonchev–Trinajstić information content (AvgIpc) is 2.70. The third kappa shape index (κ3) is 4.79. The van der Waals surface area contributed by atoms with Gasteiger partial charge in [0.25, 0.3) is 0 Å². The molecule has 0 aliphatic carbocycles. The van der Waals surface area contributed by atoms with E-state index in [9.17, 15) is 13.2 Å². The first-order valence-corrected chi connectivity index (χ1v) is 10.9. The van der Waals surface area contributed by atoms with E-state index in [2.05, 4.69) is 5.32 Å². The number of nitrogens with zero attached hydrogens (tertiary/aromatic N) is 1. The lowest BCUT2D eigenvalue weighted by molar-refractivity contribution is -0.116. The predicted octanol–water partition coefficient (Wildman–Crippen LogP) is 3.15. The van der Waals surface area contributed by atoms with Gasteiger partial charge in [0.15, 0.2) is 0 Å². The molecule has 1 aliphatic heterocycles. The van der Waals surface area contributed by atoms with Crippen molar-refractivity contribution in [2.45, 2.75) is 31.1 Å². The molecule has 1 fully saturated rings. The van der Waals surface area contributed by atoms with E-state index in [1.807, 2.05) is 44.2 Å². The fourth-order valence-electron chi connectivity index (χ4n) is 3.21. The molecule has 1 unspecified atom stereocenters. The first kappa shape index (κ1) is 20.5. The van der Waals surface area contributed by atoms with E-state index in [4.69, 9.17) is 4.74 Å². The molecule has 3 rings (SSSR count). The molecule has 0 saturated carbocycles. The molecule has 1 atom stereocenters. The number of ether oxygens (including phenoxy) is 1. The van der Waals surface area contributed by atoms with Gasteiger partial charge in [0, 0.05) is 25.2 Å². The van der Waals surface area contributed by atoms with Gasteiger partial charge in [0.05, 0.1) is 18.1 Å². The lowest BCUT2D eigenvalue weighted by Crippen LogP contribution is -2.40. The van der Waals surface area contributed by atoms with Crippen molar-refractivity contribution in [1.29, 1.82) is 0 Å². The van der Waals surface area contributed by atoms with Gasteiger partial charge in [-0.1, -0.05) is 43.3 Å². The Labute approximate surface area is 166 Å². The van der Waals surface area contributed by atoms with E-state index in [0.717, 1.165) is 11.1 Å². The molecule has 1 heterocycles. The molecule has 150 valence electrons. The van der Waals surface area contributed by atoms with Crippen molar-refractivity contribution < 1.29 is 17.9 Å². The van der Waals surface area contributed by atoms with Crippen molar-refractivity contribution >= 4 is 21.6 Å². The number of amides is 1. The molecular weight excluding hydrogens is 376 g/mol. The maximum Gasteiger partial charge on any atom is 0.243 e. The highest BCUT2D eigenvalue weighted by molar-refractivity contribution is 7.89. The van der Waals surface area contributed by atoms with E-state index in [1.165, 1.54) is 4.31 Å². The molecule has 0 bridgehead atoms. The SMILES string of the molecule is Cc1ccc(S(=O)(=O)N2CCOCC2)cc1NC(=O)CC(C)c1ccccc1. The normalized spacial score (nSPS) is 16.5. The molecule has 0 radical (unpaired) electrons. The van der Waals surface area contributed by atoms with Crippen LogP contribution in [0.5, 0.6) is 0 Å². The van der Waals surface area contributed by atoms with Crippen LogP contribution in [0.15, 0.2) is 53.4 Å². The summed E-state index contributed by atoms with van der Waals surface area (Å²) >= 11 is 0. The van der Waals surface area contributed by atoms with Crippen molar-refractivity contribution in [2.24, 2.45) is 0 Å². The Balaban J connectivity index is 1.73. The third-order valence-corrected chi connectivity index (χ3v) is 6.85. The lowest BCUT2D eigenvalue weighted by Gasteiger charge is -2.26. The van der Waals surface area contributed by atoms with Gasteiger partial charge in [-0.2, -0.15) is 4.31 Å². The topological polar surface area (TPSA) is 75.7 Å². The highest BCUT2D eigenvalue weighted by Gasteiger charge is 2.27. The van der Waals surface area contributed by atoms with Gasteiger partial charge in [-0.3, -0.25) is 4.79 Å². The monoisotopic (exact) mass is 402 g/mol. The van der Waals surface area contributed by atoms with E-state index >= 15 is 0 Å². The van der Waals surface area contributed by atoms with Crippen LogP contribution in [-0.2, 0) is 19.6 Å². The summed E-state index contributed by atoms with van der Waals surface area (Å²) < 4.78 is 32.4. The Morgan fingerprint density at radius 2 is 1.82 bits per heavy atom. The smallest absolute Gasteiger partial charge is 0.243 e. The second-order valence-electron chi connectivity index (χ2n) is 7.06. The number of anilines is 1. The molecule has 1 N–H and O–H groups in total. The quantitative estimate of drug-likeness (QED) is 0.805. The van der Waals surface area contributed by atoms with Crippen LogP contribution < -0.4 is 5.32 Å². The maximum absolute atomic E-state index is 12.9. The molecule has 1 saturated heterocycles. The van der Waals surface area contributed by atoms with Crippen molar-refractivity contribution in [3.05, 3.63) is 59.7 Å². The number of aryl methyl sites for hydroxylation is 1. The van der Waals surface area contributed by atoms with Gasteiger partial charge in [0.2, 0.25) is 15.9 Å². The summed E-state index contributed by atoms with van der Waals surface area (Å²) in [6.45, 7) is 5.32. The van der Waals surface area contributed by atoms with E-state index < -0.39 is 10.0 Å². The number of carbonyl (C=O) groups is 1. The Morgan fingerprint density at radius 3 is 2.50 bits per heavy atom. The van der Waals surface area contributed by atoms with Crippen molar-refractivity contribution in [1.82, 2.24) is 4.31 Å². The molecule has 6 nitrogen and oxygen atoms in total. The zero-order valence-electron chi connectivity index (χ0n) is 16.2. The minimum Gasteiger partial charge on any atom is -0.379 e. The zero-order chi connectivity index (χ0) is 20.1. The molecule has 28 heavy (non-hydrogen) atoms. The summed E-state index contributed by atoms with van der Waals surface area (Å²) in [5.74, 6) is -0.0675. The number of hydrogen-bond donors (Lipinski definition) is 1. The van der Waals surface area contributed by atoms with Crippen LogP contribution in [0.4, 0.5) is 5.69 Å². The second kappa shape index (κ2) is 8.86. The number of hydrogen-bond acceptors (Lipinski definition) is 4. The lowest BCUT2D eigenvalue weighted by atomic mass is 9.97.